The van der Waals surface area contributed by atoms with E-state index < -0.39 is 5.97 Å². The lowest BCUT2D eigenvalue weighted by molar-refractivity contribution is -0.129. The average molecular weight is 362 g/mol. The van der Waals surface area contributed by atoms with E-state index in [9.17, 15) is 4.79 Å². The summed E-state index contributed by atoms with van der Waals surface area (Å²) in [4.78, 5) is 20.4. The number of carbonyl (C=O) groups excluding carboxylic acids is 1. The van der Waals surface area contributed by atoms with Gasteiger partial charge in [-0.2, -0.15) is 4.98 Å². The maximum Gasteiger partial charge on any atom is 0.339 e. The highest BCUT2D eigenvalue weighted by molar-refractivity contribution is 7.98. The van der Waals surface area contributed by atoms with Gasteiger partial charge in [-0.25, -0.2) is 9.78 Å². The van der Waals surface area contributed by atoms with Crippen LogP contribution in [0.4, 0.5) is 0 Å². The molecule has 0 aliphatic carbocycles. The number of aromatic nitrogens is 2. The molecule has 0 aliphatic heterocycles. The zero-order chi connectivity index (χ0) is 18.2. The molecule has 8 heteroatoms. The fourth-order valence-electron chi connectivity index (χ4n) is 1.84. The summed E-state index contributed by atoms with van der Waals surface area (Å²) in [6.45, 7) is 1.73. The third-order valence-corrected chi connectivity index (χ3v) is 3.57. The molecular weight excluding hydrogens is 344 g/mol. The molecule has 0 fully saturated rings. The van der Waals surface area contributed by atoms with E-state index in [4.69, 9.17) is 18.9 Å². The van der Waals surface area contributed by atoms with E-state index in [0.717, 1.165) is 6.08 Å². The van der Waals surface area contributed by atoms with E-state index in [2.05, 4.69) is 9.97 Å². The lowest BCUT2D eigenvalue weighted by Crippen LogP contribution is -2.08. The second kappa shape index (κ2) is 8.93. The normalized spacial score (nSPS) is 10.6. The van der Waals surface area contributed by atoms with Gasteiger partial charge < -0.3 is 18.9 Å². The maximum atomic E-state index is 11.9. The molecular formula is C17H18N2O5S. The largest absolute Gasteiger partial charge is 0.504 e. The molecule has 1 heterocycles. The van der Waals surface area contributed by atoms with Crippen molar-refractivity contribution in [3.8, 4) is 23.1 Å². The summed E-state index contributed by atoms with van der Waals surface area (Å²) in [5.74, 6) is 1.29. The first kappa shape index (κ1) is 18.6. The zero-order valence-electron chi connectivity index (χ0n) is 14.3. The first-order chi connectivity index (χ1) is 12.1. The van der Waals surface area contributed by atoms with Crippen molar-refractivity contribution in [2.75, 3.05) is 20.5 Å². The molecule has 2 rings (SSSR count). The summed E-state index contributed by atoms with van der Waals surface area (Å²) in [5, 5.41) is 0.490. The number of aryl methyl sites for hydroxylation is 1. The quantitative estimate of drug-likeness (QED) is 0.244. The molecule has 0 saturated heterocycles. The zero-order valence-corrected chi connectivity index (χ0v) is 15.1. The van der Waals surface area contributed by atoms with Crippen molar-refractivity contribution in [2.24, 2.45) is 0 Å². The Bertz CT molecular complexity index is 780. The molecule has 1 aromatic carbocycles. The molecule has 0 radical (unpaired) electrons. The minimum absolute atomic E-state index is 0.143. The van der Waals surface area contributed by atoms with Gasteiger partial charge in [0.25, 0.3) is 5.88 Å². The monoisotopic (exact) mass is 362 g/mol. The van der Waals surface area contributed by atoms with E-state index in [-0.39, 0.29) is 11.6 Å². The Morgan fingerprint density at radius 2 is 1.96 bits per heavy atom. The summed E-state index contributed by atoms with van der Waals surface area (Å²) in [6.07, 6.45) is 4.19. The Morgan fingerprint density at radius 1 is 1.20 bits per heavy atom. The Kier molecular flexibility index (Phi) is 6.64. The Morgan fingerprint density at radius 3 is 2.64 bits per heavy atom. The second-order valence-corrected chi connectivity index (χ2v) is 5.45. The van der Waals surface area contributed by atoms with E-state index >= 15 is 0 Å². The highest BCUT2D eigenvalue weighted by Crippen LogP contribution is 2.37. The lowest BCUT2D eigenvalue weighted by Gasteiger charge is -2.13. The van der Waals surface area contributed by atoms with Crippen molar-refractivity contribution >= 4 is 17.7 Å². The van der Waals surface area contributed by atoms with Crippen LogP contribution in [0.5, 0.6) is 23.1 Å². The number of nitrogens with zero attached hydrogens (tertiary/aromatic N) is 2. The number of esters is 1. The number of hydrogen-bond donors (Lipinski definition) is 0. The van der Waals surface area contributed by atoms with Crippen LogP contribution in [0.25, 0.3) is 0 Å². The standard InChI is InChI=1S/C17H18N2O5S/c1-11-18-16(23-13-7-5-6-12(10-13)22-3)15(17(19-11)25-4)24-14(20)8-9-21-2/h5-10H,1-4H3. The molecule has 0 saturated carbocycles. The third kappa shape index (κ3) is 5.12. The van der Waals surface area contributed by atoms with Gasteiger partial charge >= 0.3 is 5.97 Å². The first-order valence-corrected chi connectivity index (χ1v) is 8.45. The highest BCUT2D eigenvalue weighted by atomic mass is 32.2. The number of methoxy groups -OCH3 is 2. The fourth-order valence-corrected chi connectivity index (χ4v) is 2.38. The van der Waals surface area contributed by atoms with Crippen LogP contribution in [0, 0.1) is 6.92 Å². The smallest absolute Gasteiger partial charge is 0.339 e. The lowest BCUT2D eigenvalue weighted by atomic mass is 10.3. The van der Waals surface area contributed by atoms with Crippen LogP contribution in [0.1, 0.15) is 5.82 Å². The molecule has 0 bridgehead atoms. The third-order valence-electron chi connectivity index (χ3n) is 2.91. The number of rotatable bonds is 7. The summed E-state index contributed by atoms with van der Waals surface area (Å²) in [7, 11) is 3.00. The van der Waals surface area contributed by atoms with Crippen LogP contribution in [0.15, 0.2) is 41.6 Å². The van der Waals surface area contributed by atoms with Gasteiger partial charge in [-0.3, -0.25) is 0 Å². The van der Waals surface area contributed by atoms with Gasteiger partial charge in [-0.1, -0.05) is 6.07 Å². The van der Waals surface area contributed by atoms with Crippen molar-refractivity contribution in [1.29, 1.82) is 0 Å². The van der Waals surface area contributed by atoms with E-state index in [0.29, 0.717) is 22.3 Å². The molecule has 0 amide bonds. The fraction of sp³-hybridized carbons (Fsp3) is 0.235. The molecule has 1 aromatic heterocycles. The summed E-state index contributed by atoms with van der Waals surface area (Å²) in [6, 6.07) is 7.02. The predicted octanol–water partition coefficient (Wildman–Crippen LogP) is 3.37. The SMILES string of the molecule is COC=CC(=O)Oc1c(Oc2cccc(OC)c2)nc(C)nc1SC. The predicted molar refractivity (Wildman–Crippen MR) is 93.4 cm³/mol. The minimum atomic E-state index is -0.625. The maximum absolute atomic E-state index is 11.9. The molecule has 7 nitrogen and oxygen atoms in total. The molecule has 2 aromatic rings. The summed E-state index contributed by atoms with van der Waals surface area (Å²) in [5.41, 5.74) is 0. The minimum Gasteiger partial charge on any atom is -0.504 e. The van der Waals surface area contributed by atoms with E-state index in [1.807, 2.05) is 6.26 Å². The number of carbonyl (C=O) groups is 1. The van der Waals surface area contributed by atoms with Crippen LogP contribution in [-0.2, 0) is 9.53 Å². The molecule has 0 aliphatic rings. The number of hydrogen-bond acceptors (Lipinski definition) is 8. The van der Waals surface area contributed by atoms with Gasteiger partial charge in [0.15, 0.2) is 0 Å². The van der Waals surface area contributed by atoms with Crippen LogP contribution in [0.2, 0.25) is 0 Å². The van der Waals surface area contributed by atoms with Crippen LogP contribution < -0.4 is 14.2 Å². The summed E-state index contributed by atoms with van der Waals surface area (Å²) < 4.78 is 21.0. The van der Waals surface area contributed by atoms with Crippen molar-refractivity contribution in [3.63, 3.8) is 0 Å². The van der Waals surface area contributed by atoms with Gasteiger partial charge in [0.05, 0.1) is 26.6 Å². The molecule has 0 spiro atoms. The van der Waals surface area contributed by atoms with Crippen molar-refractivity contribution in [2.45, 2.75) is 11.9 Å². The van der Waals surface area contributed by atoms with Crippen molar-refractivity contribution in [1.82, 2.24) is 9.97 Å². The Labute approximate surface area is 150 Å². The van der Waals surface area contributed by atoms with Crippen molar-refractivity contribution < 1.29 is 23.7 Å². The second-order valence-electron chi connectivity index (χ2n) is 4.65. The highest BCUT2D eigenvalue weighted by Gasteiger charge is 2.19. The average Bonchev–Trinajstić information content (AvgIpc) is 2.62. The van der Waals surface area contributed by atoms with Crippen LogP contribution in [-0.4, -0.2) is 36.4 Å². The van der Waals surface area contributed by atoms with Crippen molar-refractivity contribution in [3.05, 3.63) is 42.4 Å². The first-order valence-electron chi connectivity index (χ1n) is 7.23. The number of ether oxygens (including phenoxy) is 4. The molecule has 0 N–H and O–H groups in total. The van der Waals surface area contributed by atoms with Crippen LogP contribution in [0.3, 0.4) is 0 Å². The molecule has 0 atom stereocenters. The Hall–Kier alpha value is -2.74. The molecule has 132 valence electrons. The van der Waals surface area contributed by atoms with Gasteiger partial charge in [0, 0.05) is 6.07 Å². The Balaban J connectivity index is 2.39. The van der Waals surface area contributed by atoms with Crippen LogP contribution >= 0.6 is 11.8 Å². The van der Waals surface area contributed by atoms with Gasteiger partial charge in [-0.05, 0) is 25.3 Å². The summed E-state index contributed by atoms with van der Waals surface area (Å²) >= 11 is 1.32. The van der Waals surface area contributed by atoms with E-state index in [1.54, 1.807) is 38.3 Å². The van der Waals surface area contributed by atoms with Gasteiger partial charge in [0.1, 0.15) is 22.3 Å². The van der Waals surface area contributed by atoms with Gasteiger partial charge in [0.2, 0.25) is 5.75 Å². The van der Waals surface area contributed by atoms with E-state index in [1.165, 1.54) is 25.1 Å². The topological polar surface area (TPSA) is 79.8 Å². The van der Waals surface area contributed by atoms with Gasteiger partial charge in [-0.15, -0.1) is 11.8 Å². The number of benzene rings is 1. The molecule has 0 unspecified atom stereocenters. The number of thioether (sulfide) groups is 1. The molecule has 25 heavy (non-hydrogen) atoms.